The first-order chi connectivity index (χ1) is 20.5. The number of ether oxygens (including phenoxy) is 4. The molecule has 6 rings (SSSR count). The number of fused-ring (bicyclic) bond motifs is 1. The topological polar surface area (TPSA) is 141 Å². The van der Waals surface area contributed by atoms with E-state index in [-0.39, 0.29) is 17.8 Å². The summed E-state index contributed by atoms with van der Waals surface area (Å²) >= 11 is 0. The fourth-order valence-corrected chi connectivity index (χ4v) is 5.43. The van der Waals surface area contributed by atoms with E-state index in [1.54, 1.807) is 14.2 Å². The predicted molar refractivity (Wildman–Crippen MR) is 152 cm³/mol. The fourth-order valence-electron chi connectivity index (χ4n) is 5.43. The van der Waals surface area contributed by atoms with Crippen molar-refractivity contribution in [2.24, 2.45) is 0 Å². The van der Waals surface area contributed by atoms with Crippen LogP contribution in [0.2, 0.25) is 0 Å². The molecule has 11 nitrogen and oxygen atoms in total. The van der Waals surface area contributed by atoms with Crippen LogP contribution in [0.3, 0.4) is 0 Å². The molecule has 1 aliphatic heterocycles. The molecule has 3 N–H and O–H groups in total. The van der Waals surface area contributed by atoms with Crippen molar-refractivity contribution >= 4 is 11.2 Å². The summed E-state index contributed by atoms with van der Waals surface area (Å²) in [6, 6.07) is 24.9. The molecule has 11 heteroatoms. The van der Waals surface area contributed by atoms with Gasteiger partial charge in [0.25, 0.3) is 5.56 Å². The number of aliphatic hydroxyl groups excluding tert-OH is 2. The van der Waals surface area contributed by atoms with Gasteiger partial charge in [-0.15, -0.1) is 0 Å². The van der Waals surface area contributed by atoms with E-state index in [9.17, 15) is 15.0 Å². The van der Waals surface area contributed by atoms with Gasteiger partial charge in [0.2, 0.25) is 0 Å². The van der Waals surface area contributed by atoms with Crippen LogP contribution in [0, 0.1) is 0 Å². The van der Waals surface area contributed by atoms with Gasteiger partial charge in [-0.1, -0.05) is 54.6 Å². The molecule has 3 aromatic carbocycles. The Morgan fingerprint density at radius 3 is 2.05 bits per heavy atom. The van der Waals surface area contributed by atoms with Gasteiger partial charge in [0, 0.05) is 0 Å². The minimum Gasteiger partial charge on any atom is -0.497 e. The number of aliphatic hydroxyl groups is 2. The molecule has 3 heterocycles. The average Bonchev–Trinajstić information content (AvgIpc) is 3.59. The summed E-state index contributed by atoms with van der Waals surface area (Å²) in [5, 5.41) is 22.1. The van der Waals surface area contributed by atoms with Crippen molar-refractivity contribution in [3.05, 3.63) is 119 Å². The van der Waals surface area contributed by atoms with Crippen LogP contribution in [-0.4, -0.2) is 68.9 Å². The smallest absolute Gasteiger partial charge is 0.278 e. The molecule has 216 valence electrons. The zero-order chi connectivity index (χ0) is 29.3. The Hall–Kier alpha value is -4.55. The quantitative estimate of drug-likeness (QED) is 0.228. The number of methoxy groups -OCH3 is 2. The Balaban J connectivity index is 1.39. The number of imidazole rings is 1. The maximum Gasteiger partial charge on any atom is 0.278 e. The fraction of sp³-hybridized carbons (Fsp3) is 0.258. The highest BCUT2D eigenvalue weighted by Crippen LogP contribution is 2.43. The molecule has 0 amide bonds. The summed E-state index contributed by atoms with van der Waals surface area (Å²) in [6.07, 6.45) is -1.98. The van der Waals surface area contributed by atoms with Gasteiger partial charge in [0.1, 0.15) is 35.4 Å². The minimum absolute atomic E-state index is 0.0949. The second-order valence-corrected chi connectivity index (χ2v) is 9.92. The van der Waals surface area contributed by atoms with Gasteiger partial charge < -0.3 is 34.1 Å². The third kappa shape index (κ3) is 4.72. The zero-order valence-electron chi connectivity index (χ0n) is 23.0. The molecule has 42 heavy (non-hydrogen) atoms. The number of hydrogen-bond donors (Lipinski definition) is 3. The van der Waals surface area contributed by atoms with Crippen LogP contribution in [-0.2, 0) is 15.1 Å². The minimum atomic E-state index is -1.33. The lowest BCUT2D eigenvalue weighted by molar-refractivity contribution is -0.0942. The predicted octanol–water partition coefficient (Wildman–Crippen LogP) is 2.76. The molecule has 1 aliphatic rings. The number of nitrogens with one attached hydrogen (secondary N) is 1. The van der Waals surface area contributed by atoms with Crippen molar-refractivity contribution in [3.63, 3.8) is 0 Å². The second-order valence-electron chi connectivity index (χ2n) is 9.92. The summed E-state index contributed by atoms with van der Waals surface area (Å²) < 4.78 is 25.2. The SMILES string of the molecule is COc1ccc(C(OC[C@@H]2O[C@H](n3cnc4c(=O)[nH]cnc43)[C@H](O)[C@H]2O)(c2ccccc2)c2ccc(OC)cc2)cc1. The third-order valence-corrected chi connectivity index (χ3v) is 7.61. The van der Waals surface area contributed by atoms with E-state index in [1.807, 2.05) is 78.9 Å². The van der Waals surface area contributed by atoms with Crippen molar-refractivity contribution in [1.82, 2.24) is 19.5 Å². The first-order valence-electron chi connectivity index (χ1n) is 13.4. The Morgan fingerprint density at radius 1 is 0.857 bits per heavy atom. The molecule has 5 aromatic rings. The first-order valence-corrected chi connectivity index (χ1v) is 13.4. The Labute approximate surface area is 240 Å². The molecule has 1 fully saturated rings. The molecular formula is C31H30N4O7. The van der Waals surface area contributed by atoms with Gasteiger partial charge in [-0.05, 0) is 41.0 Å². The van der Waals surface area contributed by atoms with E-state index in [0.717, 1.165) is 16.7 Å². The van der Waals surface area contributed by atoms with Crippen molar-refractivity contribution in [2.45, 2.75) is 30.1 Å². The Bertz CT molecular complexity index is 1660. The number of aromatic nitrogens is 4. The lowest BCUT2D eigenvalue weighted by atomic mass is 9.80. The van der Waals surface area contributed by atoms with E-state index in [1.165, 1.54) is 17.2 Å². The number of hydrogen-bond acceptors (Lipinski definition) is 9. The van der Waals surface area contributed by atoms with Crippen molar-refractivity contribution < 1.29 is 29.2 Å². The monoisotopic (exact) mass is 570 g/mol. The molecule has 0 bridgehead atoms. The number of H-pyrrole nitrogens is 1. The summed E-state index contributed by atoms with van der Waals surface area (Å²) in [5.74, 6) is 1.38. The lowest BCUT2D eigenvalue weighted by Crippen LogP contribution is -2.39. The number of aromatic amines is 1. The van der Waals surface area contributed by atoms with Crippen LogP contribution >= 0.6 is 0 Å². The van der Waals surface area contributed by atoms with Gasteiger partial charge in [-0.25, -0.2) is 9.97 Å². The molecular weight excluding hydrogens is 540 g/mol. The largest absolute Gasteiger partial charge is 0.497 e. The third-order valence-electron chi connectivity index (χ3n) is 7.61. The summed E-state index contributed by atoms with van der Waals surface area (Å²) in [5.41, 5.74) is 1.24. The van der Waals surface area contributed by atoms with Gasteiger partial charge in [-0.3, -0.25) is 9.36 Å². The lowest BCUT2D eigenvalue weighted by Gasteiger charge is -2.37. The number of benzene rings is 3. The Morgan fingerprint density at radius 2 is 1.45 bits per heavy atom. The summed E-state index contributed by atoms with van der Waals surface area (Å²) in [6.45, 7) is -0.0949. The Kier molecular flexibility index (Phi) is 7.48. The molecule has 0 saturated carbocycles. The van der Waals surface area contributed by atoms with Gasteiger partial charge in [-0.2, -0.15) is 0 Å². The van der Waals surface area contributed by atoms with Crippen molar-refractivity contribution in [3.8, 4) is 11.5 Å². The van der Waals surface area contributed by atoms with Crippen LogP contribution in [0.1, 0.15) is 22.9 Å². The van der Waals surface area contributed by atoms with E-state index in [4.69, 9.17) is 18.9 Å². The molecule has 1 saturated heterocycles. The summed E-state index contributed by atoms with van der Waals surface area (Å²) in [4.78, 5) is 22.9. The summed E-state index contributed by atoms with van der Waals surface area (Å²) in [7, 11) is 3.21. The van der Waals surface area contributed by atoms with E-state index in [2.05, 4.69) is 15.0 Å². The van der Waals surface area contributed by atoms with Gasteiger partial charge >= 0.3 is 0 Å². The normalized spacial score (nSPS) is 20.6. The van der Waals surface area contributed by atoms with Crippen molar-refractivity contribution in [2.75, 3.05) is 20.8 Å². The van der Waals surface area contributed by atoms with Gasteiger partial charge in [0.15, 0.2) is 17.4 Å². The standard InChI is InChI=1S/C31H30N4O7/c1-39-22-12-8-20(9-13-22)31(19-6-4-3-5-7-19,21-10-14-23(40-2)15-11-21)41-16-24-26(36)27(37)30(42-24)35-18-34-25-28(35)32-17-33-29(25)38/h3-15,17-18,24,26-27,30,36-37H,16H2,1-2H3,(H,32,33,38)/t24-,26-,27+,30-/m0/s1. The molecule has 0 aliphatic carbocycles. The average molecular weight is 571 g/mol. The molecule has 2 aromatic heterocycles. The van der Waals surface area contributed by atoms with Crippen LogP contribution in [0.25, 0.3) is 11.2 Å². The van der Waals surface area contributed by atoms with Crippen LogP contribution in [0.15, 0.2) is 96.3 Å². The van der Waals surface area contributed by atoms with Crippen LogP contribution < -0.4 is 15.0 Å². The molecule has 4 atom stereocenters. The van der Waals surface area contributed by atoms with E-state index < -0.39 is 35.7 Å². The second kappa shape index (κ2) is 11.4. The van der Waals surface area contributed by atoms with Crippen molar-refractivity contribution in [1.29, 1.82) is 0 Å². The molecule has 0 unspecified atom stereocenters. The maximum absolute atomic E-state index is 12.2. The highest BCUT2D eigenvalue weighted by atomic mass is 16.6. The molecule has 0 radical (unpaired) electrons. The highest BCUT2D eigenvalue weighted by molar-refractivity contribution is 5.68. The first kappa shape index (κ1) is 27.6. The van der Waals surface area contributed by atoms with Gasteiger partial charge in [0.05, 0.1) is 33.5 Å². The zero-order valence-corrected chi connectivity index (χ0v) is 23.0. The van der Waals surface area contributed by atoms with E-state index in [0.29, 0.717) is 11.5 Å². The number of nitrogens with zero attached hydrogens (tertiary/aromatic N) is 3. The molecule has 0 spiro atoms. The van der Waals surface area contributed by atoms with Crippen LogP contribution in [0.5, 0.6) is 11.5 Å². The van der Waals surface area contributed by atoms with Crippen LogP contribution in [0.4, 0.5) is 0 Å². The maximum atomic E-state index is 12.2. The highest BCUT2D eigenvalue weighted by Gasteiger charge is 2.47. The van der Waals surface area contributed by atoms with E-state index >= 15 is 0 Å². The number of rotatable bonds is 9.